The van der Waals surface area contributed by atoms with E-state index in [2.05, 4.69) is 37.2 Å². The Morgan fingerprint density at radius 1 is 1.00 bits per heavy atom. The minimum Gasteiger partial charge on any atom is -0.354 e. The predicted octanol–water partition coefficient (Wildman–Crippen LogP) is -0.114. The zero-order valence-electron chi connectivity index (χ0n) is 26.0. The molecule has 9 N–H and O–H groups in total. The van der Waals surface area contributed by atoms with Crippen LogP contribution in [0.1, 0.15) is 77.8 Å². The van der Waals surface area contributed by atoms with Crippen LogP contribution in [0.5, 0.6) is 0 Å². The maximum Gasteiger partial charge on any atom is 0.247 e. The van der Waals surface area contributed by atoms with Gasteiger partial charge in [0.15, 0.2) is 0 Å². The highest BCUT2D eigenvalue weighted by Gasteiger charge is 2.38. The Kier molecular flexibility index (Phi) is 14.5. The normalized spacial score (nSPS) is 25.2. The number of rotatable bonds is 10. The van der Waals surface area contributed by atoms with Gasteiger partial charge in [-0.2, -0.15) is 0 Å². The van der Waals surface area contributed by atoms with Crippen LogP contribution < -0.4 is 43.0 Å². The summed E-state index contributed by atoms with van der Waals surface area (Å²) in [5, 5.41) is 20.1. The number of carbonyl (C=O) groups is 5. The van der Waals surface area contributed by atoms with Crippen LogP contribution in [0.4, 0.5) is 0 Å². The largest absolute Gasteiger partial charge is 0.354 e. The van der Waals surface area contributed by atoms with Crippen molar-refractivity contribution >= 4 is 29.5 Å². The lowest BCUT2D eigenvalue weighted by molar-refractivity contribution is -0.137. The Morgan fingerprint density at radius 2 is 1.67 bits per heavy atom. The van der Waals surface area contributed by atoms with Crippen molar-refractivity contribution in [2.24, 2.45) is 11.7 Å². The Bertz CT molecular complexity index is 1090. The highest BCUT2D eigenvalue weighted by atomic mass is 16.2. The Hall–Kier alpha value is -3.55. The molecule has 1 saturated heterocycles. The van der Waals surface area contributed by atoms with Crippen molar-refractivity contribution in [2.45, 2.75) is 96.2 Å². The van der Waals surface area contributed by atoms with E-state index in [1.54, 1.807) is 59.0 Å². The molecule has 1 aromatic rings. The molecule has 1 fully saturated rings. The molecule has 1 aromatic carbocycles. The molecule has 0 bridgehead atoms. The molecular weight excluding hydrogens is 552 g/mol. The second kappa shape index (κ2) is 17.5. The van der Waals surface area contributed by atoms with E-state index in [0.717, 1.165) is 0 Å². The molecule has 0 aromatic heterocycles. The van der Waals surface area contributed by atoms with Gasteiger partial charge in [0, 0.05) is 12.5 Å². The molecule has 1 aliphatic rings. The number of nitrogens with two attached hydrogens (primary N) is 1. The lowest BCUT2D eigenvalue weighted by Crippen LogP contribution is -2.62. The summed E-state index contributed by atoms with van der Waals surface area (Å²) in [5.74, 6) is -2.60. The second-order valence-corrected chi connectivity index (χ2v) is 11.4. The molecule has 5 unspecified atom stereocenters. The lowest BCUT2D eigenvalue weighted by atomic mass is 9.91. The highest BCUT2D eigenvalue weighted by Crippen LogP contribution is 2.18. The van der Waals surface area contributed by atoms with Crippen molar-refractivity contribution in [3.05, 3.63) is 35.9 Å². The summed E-state index contributed by atoms with van der Waals surface area (Å²) in [4.78, 5) is 66.6. The van der Waals surface area contributed by atoms with Crippen LogP contribution in [0.3, 0.4) is 0 Å². The lowest BCUT2D eigenvalue weighted by Gasteiger charge is -2.33. The van der Waals surface area contributed by atoms with E-state index in [9.17, 15) is 24.0 Å². The molecule has 1 aliphatic heterocycles. The van der Waals surface area contributed by atoms with Gasteiger partial charge in [0.2, 0.25) is 29.5 Å². The fourth-order valence-corrected chi connectivity index (χ4v) is 4.63. The summed E-state index contributed by atoms with van der Waals surface area (Å²) >= 11 is 0. The first-order valence-corrected chi connectivity index (χ1v) is 15.1. The summed E-state index contributed by atoms with van der Waals surface area (Å²) in [6.07, 6.45) is 1.88. The van der Waals surface area contributed by atoms with E-state index in [4.69, 9.17) is 5.73 Å². The molecule has 43 heavy (non-hydrogen) atoms. The van der Waals surface area contributed by atoms with Crippen LogP contribution in [-0.2, 0) is 24.0 Å². The number of nitrogens with one attached hydrogen (secondary N) is 7. The van der Waals surface area contributed by atoms with Crippen molar-refractivity contribution in [3.63, 3.8) is 0 Å². The van der Waals surface area contributed by atoms with E-state index in [1.807, 2.05) is 6.07 Å². The summed E-state index contributed by atoms with van der Waals surface area (Å²) in [6, 6.07) is 5.99. The number of hydrogen-bond acceptors (Lipinski definition) is 8. The average Bonchev–Trinajstić information content (AvgIpc) is 2.99. The summed E-state index contributed by atoms with van der Waals surface area (Å²) in [5.41, 5.74) is 5.15. The molecular formula is C30H50N8O5. The van der Waals surface area contributed by atoms with Crippen LogP contribution in [-0.4, -0.2) is 73.6 Å². The SMILES string of the molecule is CCC1NC(=O)C(CCCNC(N)NC)NC(=O)C(C)(NC(=O)C(C)C)CCCCNC(=O)C(c2ccccc2)NC1=O. The monoisotopic (exact) mass is 602 g/mol. The van der Waals surface area contributed by atoms with E-state index < -0.39 is 47.7 Å². The van der Waals surface area contributed by atoms with Crippen molar-refractivity contribution < 1.29 is 24.0 Å². The van der Waals surface area contributed by atoms with Gasteiger partial charge >= 0.3 is 0 Å². The highest BCUT2D eigenvalue weighted by molar-refractivity contribution is 5.97. The van der Waals surface area contributed by atoms with Crippen molar-refractivity contribution in [2.75, 3.05) is 20.1 Å². The first kappa shape index (κ1) is 35.6. The van der Waals surface area contributed by atoms with Gasteiger partial charge in [-0.1, -0.05) is 51.1 Å². The van der Waals surface area contributed by atoms with E-state index in [1.165, 1.54) is 0 Å². The van der Waals surface area contributed by atoms with Gasteiger partial charge in [0.25, 0.3) is 0 Å². The third-order valence-electron chi connectivity index (χ3n) is 7.52. The number of benzene rings is 1. The van der Waals surface area contributed by atoms with Crippen LogP contribution in [0.25, 0.3) is 0 Å². The van der Waals surface area contributed by atoms with E-state index in [-0.39, 0.29) is 37.0 Å². The maximum atomic E-state index is 13.7. The van der Waals surface area contributed by atoms with Gasteiger partial charge in [-0.3, -0.25) is 34.6 Å². The molecule has 240 valence electrons. The summed E-state index contributed by atoms with van der Waals surface area (Å²) < 4.78 is 0. The number of hydrogen-bond donors (Lipinski definition) is 8. The quantitative estimate of drug-likeness (QED) is 0.134. The van der Waals surface area contributed by atoms with Gasteiger partial charge < -0.3 is 32.3 Å². The van der Waals surface area contributed by atoms with E-state index >= 15 is 0 Å². The van der Waals surface area contributed by atoms with E-state index in [0.29, 0.717) is 37.9 Å². The Labute approximate surface area is 254 Å². The van der Waals surface area contributed by atoms with Crippen molar-refractivity contribution in [1.82, 2.24) is 37.2 Å². The van der Waals surface area contributed by atoms with Crippen LogP contribution in [0.2, 0.25) is 0 Å². The first-order valence-electron chi connectivity index (χ1n) is 15.1. The summed E-state index contributed by atoms with van der Waals surface area (Å²) in [7, 11) is 1.71. The molecule has 2 rings (SSSR count). The van der Waals surface area contributed by atoms with Crippen molar-refractivity contribution in [3.8, 4) is 0 Å². The molecule has 0 radical (unpaired) electrons. The molecule has 0 spiro atoms. The number of amides is 5. The fourth-order valence-electron chi connectivity index (χ4n) is 4.63. The second-order valence-electron chi connectivity index (χ2n) is 11.4. The minimum absolute atomic E-state index is 0.252. The molecule has 0 aliphatic carbocycles. The number of carbonyl (C=O) groups excluding carboxylic acids is 5. The van der Waals surface area contributed by atoms with Gasteiger partial charge in [-0.25, -0.2) is 0 Å². The fraction of sp³-hybridized carbons (Fsp3) is 0.633. The first-order chi connectivity index (χ1) is 20.4. The predicted molar refractivity (Wildman–Crippen MR) is 164 cm³/mol. The third kappa shape index (κ3) is 11.2. The third-order valence-corrected chi connectivity index (χ3v) is 7.52. The van der Waals surface area contributed by atoms with Crippen LogP contribution in [0.15, 0.2) is 30.3 Å². The smallest absolute Gasteiger partial charge is 0.247 e. The van der Waals surface area contributed by atoms with Gasteiger partial charge in [-0.15, -0.1) is 0 Å². The molecule has 13 heteroatoms. The molecule has 1 heterocycles. The Balaban J connectivity index is 2.39. The Morgan fingerprint density at radius 3 is 2.30 bits per heavy atom. The zero-order chi connectivity index (χ0) is 32.0. The average molecular weight is 603 g/mol. The zero-order valence-corrected chi connectivity index (χ0v) is 26.0. The topological polar surface area (TPSA) is 196 Å². The van der Waals surface area contributed by atoms with Crippen LogP contribution in [0, 0.1) is 5.92 Å². The van der Waals surface area contributed by atoms with Crippen LogP contribution >= 0.6 is 0 Å². The maximum absolute atomic E-state index is 13.7. The molecule has 5 atom stereocenters. The van der Waals surface area contributed by atoms with Gasteiger partial charge in [0.1, 0.15) is 30.0 Å². The van der Waals surface area contributed by atoms with Gasteiger partial charge in [0.05, 0.1) is 0 Å². The molecule has 0 saturated carbocycles. The summed E-state index contributed by atoms with van der Waals surface area (Å²) in [6.45, 7) is 7.64. The molecule has 5 amide bonds. The van der Waals surface area contributed by atoms with Crippen molar-refractivity contribution in [1.29, 1.82) is 0 Å². The minimum atomic E-state index is -1.30. The van der Waals surface area contributed by atoms with Gasteiger partial charge in [-0.05, 0) is 64.6 Å². The standard InChI is InChI=1S/C30H50N8O5/c1-6-21-25(40)37-23(20-13-8-7-9-14-20)27(42)33-17-11-10-16-30(4,38-24(39)19(2)3)28(43)36-22(26(41)35-21)15-12-18-34-29(31)32-5/h7-9,13-14,19,21-23,29,32,34H,6,10-12,15-18,31H2,1-5H3,(H,33,42)(H,35,41)(H,36,43)(H,37,40)(H,38,39). The molecule has 13 nitrogen and oxygen atoms in total.